The Morgan fingerprint density at radius 3 is 2.87 bits per heavy atom. The van der Waals surface area contributed by atoms with Crippen molar-refractivity contribution in [3.8, 4) is 12.3 Å². The van der Waals surface area contributed by atoms with Crippen molar-refractivity contribution in [2.45, 2.75) is 44.7 Å². The van der Waals surface area contributed by atoms with Crippen molar-refractivity contribution in [1.82, 2.24) is 10.2 Å². The lowest BCUT2D eigenvalue weighted by Gasteiger charge is -2.17. The van der Waals surface area contributed by atoms with Crippen molar-refractivity contribution >= 4 is 0 Å². The molecule has 0 spiro atoms. The van der Waals surface area contributed by atoms with Crippen molar-refractivity contribution in [2.24, 2.45) is 5.92 Å². The Morgan fingerprint density at radius 2 is 2.27 bits per heavy atom. The van der Waals surface area contributed by atoms with Crippen LogP contribution in [0.5, 0.6) is 0 Å². The highest BCUT2D eigenvalue weighted by Gasteiger charge is 2.34. The van der Waals surface area contributed by atoms with Gasteiger partial charge >= 0.3 is 0 Å². The van der Waals surface area contributed by atoms with Gasteiger partial charge < -0.3 is 10.2 Å². The molecule has 0 aromatic heterocycles. The first-order valence-corrected chi connectivity index (χ1v) is 6.27. The van der Waals surface area contributed by atoms with Gasteiger partial charge in [0.2, 0.25) is 0 Å². The Kier molecular flexibility index (Phi) is 3.66. The van der Waals surface area contributed by atoms with Crippen LogP contribution >= 0.6 is 0 Å². The average Bonchev–Trinajstić information content (AvgIpc) is 3.01. The molecule has 2 heteroatoms. The summed E-state index contributed by atoms with van der Waals surface area (Å²) in [5.74, 6) is 3.62. The fourth-order valence-corrected chi connectivity index (χ4v) is 2.43. The van der Waals surface area contributed by atoms with Gasteiger partial charge in [-0.05, 0) is 38.1 Å². The molecule has 0 radical (unpaired) electrons. The summed E-state index contributed by atoms with van der Waals surface area (Å²) in [6.45, 7) is 5.84. The van der Waals surface area contributed by atoms with Crippen molar-refractivity contribution in [3.05, 3.63) is 0 Å². The summed E-state index contributed by atoms with van der Waals surface area (Å²) < 4.78 is 0. The van der Waals surface area contributed by atoms with Gasteiger partial charge in [0.15, 0.2) is 0 Å². The molecule has 84 valence electrons. The summed E-state index contributed by atoms with van der Waals surface area (Å²) >= 11 is 0. The van der Waals surface area contributed by atoms with E-state index in [1.165, 1.54) is 32.4 Å². The Hall–Kier alpha value is -0.520. The van der Waals surface area contributed by atoms with Gasteiger partial charge in [-0.1, -0.05) is 12.8 Å². The van der Waals surface area contributed by atoms with Gasteiger partial charge in [-0.25, -0.2) is 0 Å². The quantitative estimate of drug-likeness (QED) is 0.685. The molecular weight excluding hydrogens is 184 g/mol. The van der Waals surface area contributed by atoms with E-state index in [1.54, 1.807) is 0 Å². The molecule has 2 aliphatic rings. The van der Waals surface area contributed by atoms with Crippen LogP contribution in [0.15, 0.2) is 0 Å². The molecule has 0 amide bonds. The lowest BCUT2D eigenvalue weighted by molar-refractivity contribution is 0.310. The molecule has 1 saturated heterocycles. The van der Waals surface area contributed by atoms with Crippen LogP contribution in [0.2, 0.25) is 0 Å². The molecule has 1 heterocycles. The minimum absolute atomic E-state index is 0.278. The first kappa shape index (κ1) is 11.0. The van der Waals surface area contributed by atoms with Crippen molar-refractivity contribution in [3.63, 3.8) is 0 Å². The first-order valence-electron chi connectivity index (χ1n) is 6.27. The van der Waals surface area contributed by atoms with Crippen LogP contribution in [0.1, 0.15) is 32.6 Å². The number of nitrogens with one attached hydrogen (secondary N) is 1. The van der Waals surface area contributed by atoms with E-state index in [9.17, 15) is 0 Å². The molecule has 2 rings (SSSR count). The zero-order chi connectivity index (χ0) is 10.7. The fourth-order valence-electron chi connectivity index (χ4n) is 2.43. The molecule has 0 aromatic rings. The predicted molar refractivity (Wildman–Crippen MR) is 63.6 cm³/mol. The highest BCUT2D eigenvalue weighted by Crippen LogP contribution is 2.31. The van der Waals surface area contributed by atoms with E-state index in [4.69, 9.17) is 6.42 Å². The molecule has 2 atom stereocenters. The van der Waals surface area contributed by atoms with Crippen LogP contribution in [-0.2, 0) is 0 Å². The van der Waals surface area contributed by atoms with Crippen LogP contribution in [0.4, 0.5) is 0 Å². The summed E-state index contributed by atoms with van der Waals surface area (Å²) in [4.78, 5) is 2.66. The van der Waals surface area contributed by atoms with E-state index < -0.39 is 0 Å². The van der Waals surface area contributed by atoms with E-state index in [0.29, 0.717) is 0 Å². The second-order valence-corrected chi connectivity index (χ2v) is 4.92. The number of nitrogens with zero attached hydrogens (tertiary/aromatic N) is 1. The maximum absolute atomic E-state index is 5.43. The minimum Gasteiger partial charge on any atom is -0.303 e. The third-order valence-electron chi connectivity index (χ3n) is 3.64. The molecule has 1 aliphatic heterocycles. The number of terminal acetylenes is 1. The van der Waals surface area contributed by atoms with Crippen molar-refractivity contribution in [1.29, 1.82) is 0 Å². The normalized spacial score (nSPS) is 28.9. The SMILES string of the molecule is C#CC(CC)NCC1CCN(C2CC2)C1. The Morgan fingerprint density at radius 1 is 1.47 bits per heavy atom. The molecule has 15 heavy (non-hydrogen) atoms. The van der Waals surface area contributed by atoms with Gasteiger partial charge in [0, 0.05) is 19.1 Å². The number of hydrogen-bond donors (Lipinski definition) is 1. The largest absolute Gasteiger partial charge is 0.303 e. The van der Waals surface area contributed by atoms with Crippen LogP contribution in [-0.4, -0.2) is 36.6 Å². The van der Waals surface area contributed by atoms with Crippen molar-refractivity contribution in [2.75, 3.05) is 19.6 Å². The molecular formula is C13H22N2. The van der Waals surface area contributed by atoms with Crippen LogP contribution < -0.4 is 5.32 Å². The third kappa shape index (κ3) is 2.96. The summed E-state index contributed by atoms with van der Waals surface area (Å²) in [5, 5.41) is 3.48. The number of likely N-dealkylation sites (tertiary alicyclic amines) is 1. The molecule has 2 fully saturated rings. The summed E-state index contributed by atoms with van der Waals surface area (Å²) in [7, 11) is 0. The summed E-state index contributed by atoms with van der Waals surface area (Å²) in [6.07, 6.45) is 10.7. The standard InChI is InChI=1S/C13H22N2/c1-3-12(4-2)14-9-11-7-8-15(10-11)13-5-6-13/h1,11-14H,4-10H2,2H3. The summed E-state index contributed by atoms with van der Waals surface area (Å²) in [5.41, 5.74) is 0. The van der Waals surface area contributed by atoms with E-state index >= 15 is 0 Å². The van der Waals surface area contributed by atoms with E-state index in [2.05, 4.69) is 23.1 Å². The maximum Gasteiger partial charge on any atom is 0.0684 e. The molecule has 2 unspecified atom stereocenters. The smallest absolute Gasteiger partial charge is 0.0684 e. The van der Waals surface area contributed by atoms with Gasteiger partial charge in [0.1, 0.15) is 0 Å². The second kappa shape index (κ2) is 5.01. The second-order valence-electron chi connectivity index (χ2n) is 4.92. The monoisotopic (exact) mass is 206 g/mol. The van der Waals surface area contributed by atoms with Gasteiger partial charge in [0.05, 0.1) is 6.04 Å². The molecule has 1 aliphatic carbocycles. The van der Waals surface area contributed by atoms with E-state index in [0.717, 1.165) is 24.9 Å². The fraction of sp³-hybridized carbons (Fsp3) is 0.846. The maximum atomic E-state index is 5.43. The third-order valence-corrected chi connectivity index (χ3v) is 3.64. The minimum atomic E-state index is 0.278. The van der Waals surface area contributed by atoms with Crippen LogP contribution in [0, 0.1) is 18.3 Å². The molecule has 0 bridgehead atoms. The van der Waals surface area contributed by atoms with E-state index in [-0.39, 0.29) is 6.04 Å². The lowest BCUT2D eigenvalue weighted by Crippen LogP contribution is -2.33. The Labute approximate surface area is 93.4 Å². The van der Waals surface area contributed by atoms with Crippen molar-refractivity contribution < 1.29 is 0 Å². The van der Waals surface area contributed by atoms with E-state index in [1.807, 2.05) is 0 Å². The molecule has 2 nitrogen and oxygen atoms in total. The van der Waals surface area contributed by atoms with Gasteiger partial charge in [-0.2, -0.15) is 0 Å². The highest BCUT2D eigenvalue weighted by molar-refractivity contribution is 4.98. The van der Waals surface area contributed by atoms with Crippen LogP contribution in [0.3, 0.4) is 0 Å². The zero-order valence-electron chi connectivity index (χ0n) is 9.71. The first-order chi connectivity index (χ1) is 7.33. The lowest BCUT2D eigenvalue weighted by atomic mass is 10.1. The Balaban J connectivity index is 1.66. The molecule has 1 saturated carbocycles. The predicted octanol–water partition coefficient (Wildman–Crippen LogP) is 1.47. The van der Waals surface area contributed by atoms with Gasteiger partial charge in [0.25, 0.3) is 0 Å². The highest BCUT2D eigenvalue weighted by atomic mass is 15.2. The van der Waals surface area contributed by atoms with Crippen LogP contribution in [0.25, 0.3) is 0 Å². The van der Waals surface area contributed by atoms with Gasteiger partial charge in [-0.3, -0.25) is 0 Å². The molecule has 0 aromatic carbocycles. The summed E-state index contributed by atoms with van der Waals surface area (Å²) in [6, 6.07) is 1.21. The topological polar surface area (TPSA) is 15.3 Å². The average molecular weight is 206 g/mol. The molecule has 1 N–H and O–H groups in total. The zero-order valence-corrected chi connectivity index (χ0v) is 9.71. The Bertz CT molecular complexity index is 239. The number of rotatable bonds is 5. The van der Waals surface area contributed by atoms with Gasteiger partial charge in [-0.15, -0.1) is 6.42 Å². The number of hydrogen-bond acceptors (Lipinski definition) is 2.